The molecule has 1 rings (SSSR count). The van der Waals surface area contributed by atoms with Gasteiger partial charge in [-0.05, 0) is 13.1 Å². The summed E-state index contributed by atoms with van der Waals surface area (Å²) >= 11 is 5.74. The molecule has 1 aromatic rings. The van der Waals surface area contributed by atoms with Crippen molar-refractivity contribution < 1.29 is 14.6 Å². The van der Waals surface area contributed by atoms with Crippen LogP contribution in [-0.2, 0) is 4.74 Å². The third kappa shape index (κ3) is 5.42. The number of halogens is 1. The fraction of sp³-hybridized carbons (Fsp3) is 0.500. The molecule has 0 bridgehead atoms. The van der Waals surface area contributed by atoms with E-state index >= 15 is 0 Å². The van der Waals surface area contributed by atoms with Crippen molar-refractivity contribution >= 4 is 23.4 Å². The van der Waals surface area contributed by atoms with E-state index in [2.05, 4.69) is 15.2 Å². The maximum Gasteiger partial charge on any atom is 0.337 e. The van der Waals surface area contributed by atoms with Crippen molar-refractivity contribution in [2.24, 2.45) is 0 Å². The molecule has 0 aliphatic carbocycles. The number of anilines is 1. The second kappa shape index (κ2) is 7.93. The van der Waals surface area contributed by atoms with Crippen LogP contribution in [0.1, 0.15) is 10.4 Å². The number of carboxylic acid groups (broad SMARTS) is 1. The van der Waals surface area contributed by atoms with Crippen molar-refractivity contribution in [3.8, 4) is 0 Å². The predicted molar refractivity (Wildman–Crippen MR) is 74.1 cm³/mol. The first kappa shape index (κ1) is 15.7. The van der Waals surface area contributed by atoms with Gasteiger partial charge >= 0.3 is 5.97 Å². The van der Waals surface area contributed by atoms with E-state index in [9.17, 15) is 4.79 Å². The minimum absolute atomic E-state index is 0.0481. The summed E-state index contributed by atoms with van der Waals surface area (Å²) in [4.78, 5) is 17.0. The molecular weight excluding hydrogens is 270 g/mol. The Morgan fingerprint density at radius 3 is 2.95 bits per heavy atom. The quantitative estimate of drug-likeness (QED) is 0.753. The summed E-state index contributed by atoms with van der Waals surface area (Å²) < 4.78 is 4.98. The second-order valence-corrected chi connectivity index (χ2v) is 4.48. The summed E-state index contributed by atoms with van der Waals surface area (Å²) in [5.41, 5.74) is 0.0481. The molecule has 0 radical (unpaired) electrons. The summed E-state index contributed by atoms with van der Waals surface area (Å²) in [6, 6.07) is 1.43. The Kier molecular flexibility index (Phi) is 6.55. The van der Waals surface area contributed by atoms with Crippen molar-refractivity contribution in [2.45, 2.75) is 0 Å². The van der Waals surface area contributed by atoms with E-state index in [1.165, 1.54) is 12.3 Å². The van der Waals surface area contributed by atoms with Crippen LogP contribution in [0.4, 0.5) is 5.82 Å². The highest BCUT2D eigenvalue weighted by atomic mass is 35.5. The second-order valence-electron chi connectivity index (χ2n) is 4.08. The van der Waals surface area contributed by atoms with Gasteiger partial charge in [0.25, 0.3) is 0 Å². The van der Waals surface area contributed by atoms with Crippen molar-refractivity contribution in [1.82, 2.24) is 9.88 Å². The number of hydrogen-bond acceptors (Lipinski definition) is 5. The van der Waals surface area contributed by atoms with Gasteiger partial charge in [0.15, 0.2) is 0 Å². The van der Waals surface area contributed by atoms with Gasteiger partial charge in [0.05, 0.1) is 17.2 Å². The third-order valence-electron chi connectivity index (χ3n) is 2.56. The maximum atomic E-state index is 10.9. The standard InChI is InChI=1S/C12H18ClN3O3/c1-16(5-6-19-2)4-3-14-11-7-9(12(17)18)10(13)8-15-11/h7-8H,3-6H2,1-2H3,(H,14,15)(H,17,18). The topological polar surface area (TPSA) is 74.7 Å². The Labute approximate surface area is 117 Å². The van der Waals surface area contributed by atoms with Gasteiger partial charge in [-0.25, -0.2) is 9.78 Å². The largest absolute Gasteiger partial charge is 0.478 e. The van der Waals surface area contributed by atoms with Crippen LogP contribution in [0, 0.1) is 0 Å². The minimum atomic E-state index is -1.06. The first-order chi connectivity index (χ1) is 9.04. The molecule has 0 fully saturated rings. The highest BCUT2D eigenvalue weighted by molar-refractivity contribution is 6.33. The van der Waals surface area contributed by atoms with Crippen LogP contribution in [0.5, 0.6) is 0 Å². The minimum Gasteiger partial charge on any atom is -0.478 e. The lowest BCUT2D eigenvalue weighted by Gasteiger charge is -2.16. The van der Waals surface area contributed by atoms with Crippen molar-refractivity contribution in [3.05, 3.63) is 22.8 Å². The predicted octanol–water partition coefficient (Wildman–Crippen LogP) is 1.42. The van der Waals surface area contributed by atoms with Crippen molar-refractivity contribution in [1.29, 1.82) is 0 Å². The van der Waals surface area contributed by atoms with Gasteiger partial charge in [-0.1, -0.05) is 11.6 Å². The fourth-order valence-electron chi connectivity index (χ4n) is 1.43. The summed E-state index contributed by atoms with van der Waals surface area (Å²) in [5.74, 6) is -0.561. The Morgan fingerprint density at radius 2 is 2.32 bits per heavy atom. The molecule has 0 aliphatic rings. The molecule has 7 heteroatoms. The number of hydrogen-bond donors (Lipinski definition) is 2. The molecule has 0 aliphatic heterocycles. The average molecular weight is 288 g/mol. The average Bonchev–Trinajstić information content (AvgIpc) is 2.38. The lowest BCUT2D eigenvalue weighted by Crippen LogP contribution is -2.28. The first-order valence-electron chi connectivity index (χ1n) is 5.84. The van der Waals surface area contributed by atoms with E-state index in [4.69, 9.17) is 21.4 Å². The normalized spacial score (nSPS) is 10.7. The number of nitrogens with one attached hydrogen (secondary N) is 1. The molecule has 0 unspecified atom stereocenters. The van der Waals surface area contributed by atoms with E-state index in [1.54, 1.807) is 7.11 Å². The molecule has 0 saturated carbocycles. The monoisotopic (exact) mass is 287 g/mol. The molecular formula is C12H18ClN3O3. The Bertz CT molecular complexity index is 429. The molecule has 0 amide bonds. The van der Waals surface area contributed by atoms with Gasteiger partial charge in [-0.2, -0.15) is 0 Å². The van der Waals surface area contributed by atoms with Crippen LogP contribution in [-0.4, -0.2) is 61.4 Å². The number of methoxy groups -OCH3 is 1. The molecule has 0 spiro atoms. The Morgan fingerprint density at radius 1 is 1.58 bits per heavy atom. The number of aromatic carboxylic acids is 1. The van der Waals surface area contributed by atoms with Crippen LogP contribution in [0.15, 0.2) is 12.3 Å². The van der Waals surface area contributed by atoms with E-state index < -0.39 is 5.97 Å². The fourth-order valence-corrected chi connectivity index (χ4v) is 1.62. The summed E-state index contributed by atoms with van der Waals surface area (Å²) in [6.45, 7) is 2.98. The summed E-state index contributed by atoms with van der Waals surface area (Å²) in [5, 5.41) is 12.1. The number of rotatable bonds is 8. The molecule has 0 atom stereocenters. The third-order valence-corrected chi connectivity index (χ3v) is 2.86. The summed E-state index contributed by atoms with van der Waals surface area (Å²) in [7, 11) is 3.65. The first-order valence-corrected chi connectivity index (χ1v) is 6.22. The van der Waals surface area contributed by atoms with Crippen LogP contribution in [0.2, 0.25) is 5.02 Å². The smallest absolute Gasteiger partial charge is 0.337 e. The van der Waals surface area contributed by atoms with Crippen LogP contribution < -0.4 is 5.32 Å². The lowest BCUT2D eigenvalue weighted by molar-refractivity contribution is 0.0697. The van der Waals surface area contributed by atoms with Crippen molar-refractivity contribution in [2.75, 3.05) is 45.7 Å². The van der Waals surface area contributed by atoms with Gasteiger partial charge in [-0.3, -0.25) is 0 Å². The number of carbonyl (C=O) groups is 1. The molecule has 6 nitrogen and oxygen atoms in total. The lowest BCUT2D eigenvalue weighted by atomic mass is 10.2. The highest BCUT2D eigenvalue weighted by Gasteiger charge is 2.10. The highest BCUT2D eigenvalue weighted by Crippen LogP contribution is 2.17. The SMILES string of the molecule is COCCN(C)CCNc1cc(C(=O)O)c(Cl)cn1. The maximum absolute atomic E-state index is 10.9. The molecule has 1 aromatic heterocycles. The van der Waals surface area contributed by atoms with Crippen LogP contribution in [0.25, 0.3) is 0 Å². The number of carboxylic acids is 1. The number of nitrogens with zero attached hydrogens (tertiary/aromatic N) is 2. The van der Waals surface area contributed by atoms with Crippen molar-refractivity contribution in [3.63, 3.8) is 0 Å². The zero-order chi connectivity index (χ0) is 14.3. The number of ether oxygens (including phenoxy) is 1. The van der Waals surface area contributed by atoms with Crippen LogP contribution in [0.3, 0.4) is 0 Å². The summed E-state index contributed by atoms with van der Waals surface area (Å²) in [6.07, 6.45) is 1.34. The zero-order valence-electron chi connectivity index (χ0n) is 11.0. The molecule has 0 aromatic carbocycles. The van der Waals surface area contributed by atoms with Gasteiger partial charge < -0.3 is 20.1 Å². The molecule has 19 heavy (non-hydrogen) atoms. The number of aromatic nitrogens is 1. The Hall–Kier alpha value is -1.37. The molecule has 2 N–H and O–H groups in total. The van der Waals surface area contributed by atoms with Crippen LogP contribution >= 0.6 is 11.6 Å². The number of pyridine rings is 1. The molecule has 1 heterocycles. The van der Waals surface area contributed by atoms with Gasteiger partial charge in [0.2, 0.25) is 0 Å². The van der Waals surface area contributed by atoms with Gasteiger partial charge in [0, 0.05) is 32.9 Å². The van der Waals surface area contributed by atoms with E-state index in [-0.39, 0.29) is 10.6 Å². The van der Waals surface area contributed by atoms with Gasteiger partial charge in [0.1, 0.15) is 5.82 Å². The van der Waals surface area contributed by atoms with E-state index in [0.717, 1.165) is 13.1 Å². The Balaban J connectivity index is 2.45. The molecule has 106 valence electrons. The van der Waals surface area contributed by atoms with Gasteiger partial charge in [-0.15, -0.1) is 0 Å². The molecule has 0 saturated heterocycles. The zero-order valence-corrected chi connectivity index (χ0v) is 11.8. The van der Waals surface area contributed by atoms with E-state index in [1.807, 2.05) is 7.05 Å². The number of likely N-dealkylation sites (N-methyl/N-ethyl adjacent to an activating group) is 1. The van der Waals surface area contributed by atoms with E-state index in [0.29, 0.717) is 19.0 Å².